The van der Waals surface area contributed by atoms with Crippen LogP contribution in [0.15, 0.2) is 0 Å². The lowest BCUT2D eigenvalue weighted by Gasteiger charge is -2.30. The maximum Gasteiger partial charge on any atom is 0.407 e. The van der Waals surface area contributed by atoms with Crippen molar-refractivity contribution in [2.45, 2.75) is 51.7 Å². The van der Waals surface area contributed by atoms with Gasteiger partial charge in [-0.3, -0.25) is 0 Å². The molecule has 4 heteroatoms. The van der Waals surface area contributed by atoms with Crippen LogP contribution in [-0.2, 0) is 4.74 Å². The number of alkyl carbamates (subject to hydrolysis) is 1. The molecule has 4 nitrogen and oxygen atoms in total. The van der Waals surface area contributed by atoms with Crippen molar-refractivity contribution in [1.82, 2.24) is 5.32 Å². The molecule has 1 aliphatic rings. The van der Waals surface area contributed by atoms with E-state index in [-0.39, 0.29) is 0 Å². The number of carbonyl (C=O) groups is 1. The number of nitrogens with one attached hydrogen (secondary N) is 1. The third-order valence-electron chi connectivity index (χ3n) is 2.55. The maximum atomic E-state index is 11.2. The number of carbonyl (C=O) groups excluding carboxylic acids is 1. The Kier molecular flexibility index (Phi) is 3.97. The number of aliphatic hydroxyl groups excluding tert-OH is 1. The zero-order chi connectivity index (χ0) is 11.5. The van der Waals surface area contributed by atoms with E-state index >= 15 is 0 Å². The first-order valence-corrected chi connectivity index (χ1v) is 5.53. The molecule has 1 atom stereocenters. The van der Waals surface area contributed by atoms with Crippen molar-refractivity contribution in [2.24, 2.45) is 5.92 Å². The van der Waals surface area contributed by atoms with E-state index in [0.29, 0.717) is 12.5 Å². The normalized spacial score (nSPS) is 19.2. The zero-order valence-electron chi connectivity index (χ0n) is 9.75. The second-order valence-electron chi connectivity index (χ2n) is 5.14. The zero-order valence-corrected chi connectivity index (χ0v) is 9.75. The van der Waals surface area contributed by atoms with Crippen LogP contribution in [-0.4, -0.2) is 29.4 Å². The van der Waals surface area contributed by atoms with Crippen LogP contribution in [0.4, 0.5) is 4.79 Å². The molecule has 1 unspecified atom stereocenters. The first kappa shape index (κ1) is 12.3. The molecule has 1 fully saturated rings. The molecular weight excluding hydrogens is 194 g/mol. The van der Waals surface area contributed by atoms with Crippen molar-refractivity contribution in [3.05, 3.63) is 0 Å². The quantitative estimate of drug-likeness (QED) is 0.753. The summed E-state index contributed by atoms with van der Waals surface area (Å²) in [6, 6.07) is 0. The van der Waals surface area contributed by atoms with Gasteiger partial charge in [0.15, 0.2) is 0 Å². The monoisotopic (exact) mass is 215 g/mol. The van der Waals surface area contributed by atoms with Gasteiger partial charge in [-0.05, 0) is 39.5 Å². The van der Waals surface area contributed by atoms with Crippen LogP contribution in [0.5, 0.6) is 0 Å². The first-order chi connectivity index (χ1) is 6.88. The van der Waals surface area contributed by atoms with Crippen LogP contribution in [0.2, 0.25) is 0 Å². The Balaban J connectivity index is 2.15. The molecule has 0 aromatic heterocycles. The molecule has 0 spiro atoms. The third-order valence-corrected chi connectivity index (χ3v) is 2.55. The van der Waals surface area contributed by atoms with Crippen LogP contribution in [0.1, 0.15) is 40.0 Å². The van der Waals surface area contributed by atoms with Gasteiger partial charge in [0.2, 0.25) is 0 Å². The van der Waals surface area contributed by atoms with Gasteiger partial charge < -0.3 is 15.2 Å². The summed E-state index contributed by atoms with van der Waals surface area (Å²) >= 11 is 0. The molecule has 0 heterocycles. The molecule has 0 aromatic rings. The van der Waals surface area contributed by atoms with Crippen molar-refractivity contribution in [1.29, 1.82) is 0 Å². The minimum Gasteiger partial charge on any atom is -0.444 e. The van der Waals surface area contributed by atoms with E-state index in [4.69, 9.17) is 4.74 Å². The van der Waals surface area contributed by atoms with Crippen LogP contribution in [0.3, 0.4) is 0 Å². The molecule has 1 rings (SSSR count). The third kappa shape index (κ3) is 4.51. The summed E-state index contributed by atoms with van der Waals surface area (Å²) in [4.78, 5) is 11.2. The Bertz CT molecular complexity index is 218. The smallest absolute Gasteiger partial charge is 0.407 e. The van der Waals surface area contributed by atoms with Gasteiger partial charge in [-0.15, -0.1) is 0 Å². The van der Waals surface area contributed by atoms with Gasteiger partial charge in [0.05, 0.1) is 6.10 Å². The van der Waals surface area contributed by atoms with E-state index in [1.54, 1.807) is 0 Å². The summed E-state index contributed by atoms with van der Waals surface area (Å²) in [5, 5.41) is 12.2. The lowest BCUT2D eigenvalue weighted by Crippen LogP contribution is -2.40. The van der Waals surface area contributed by atoms with Crippen molar-refractivity contribution in [3.63, 3.8) is 0 Å². The van der Waals surface area contributed by atoms with E-state index in [2.05, 4.69) is 5.32 Å². The van der Waals surface area contributed by atoms with Crippen LogP contribution in [0.25, 0.3) is 0 Å². The minimum absolute atomic E-state index is 0.291. The molecule has 0 aliphatic heterocycles. The molecule has 1 saturated carbocycles. The lowest BCUT2D eigenvalue weighted by atomic mass is 9.81. The lowest BCUT2D eigenvalue weighted by molar-refractivity contribution is 0.0371. The fourth-order valence-electron chi connectivity index (χ4n) is 1.49. The Hall–Kier alpha value is -0.770. The minimum atomic E-state index is -0.481. The molecule has 1 aliphatic carbocycles. The highest BCUT2D eigenvalue weighted by Crippen LogP contribution is 2.29. The van der Waals surface area contributed by atoms with Crippen LogP contribution in [0, 0.1) is 5.92 Å². The standard InChI is InChI=1S/C11H21NO3/c1-11(2,3)15-10(14)12-7-9(13)8-5-4-6-8/h8-9,13H,4-7H2,1-3H3,(H,12,14). The van der Waals surface area contributed by atoms with Crippen molar-refractivity contribution in [3.8, 4) is 0 Å². The van der Waals surface area contributed by atoms with Crippen molar-refractivity contribution in [2.75, 3.05) is 6.54 Å². The molecule has 1 amide bonds. The highest BCUT2D eigenvalue weighted by Gasteiger charge is 2.26. The molecule has 15 heavy (non-hydrogen) atoms. The van der Waals surface area contributed by atoms with Gasteiger partial charge in [-0.2, -0.15) is 0 Å². The predicted octanol–water partition coefficient (Wildman–Crippen LogP) is 1.67. The fraction of sp³-hybridized carbons (Fsp3) is 0.909. The van der Waals surface area contributed by atoms with Gasteiger partial charge >= 0.3 is 6.09 Å². The first-order valence-electron chi connectivity index (χ1n) is 5.53. The molecule has 88 valence electrons. The number of hydrogen-bond acceptors (Lipinski definition) is 3. The molecule has 0 saturated heterocycles. The highest BCUT2D eigenvalue weighted by atomic mass is 16.6. The van der Waals surface area contributed by atoms with Gasteiger partial charge in [0.25, 0.3) is 0 Å². The van der Waals surface area contributed by atoms with E-state index in [0.717, 1.165) is 12.8 Å². The van der Waals surface area contributed by atoms with Crippen molar-refractivity contribution >= 4 is 6.09 Å². The molecule has 0 bridgehead atoms. The van der Waals surface area contributed by atoms with E-state index in [1.165, 1.54) is 6.42 Å². The second-order valence-corrected chi connectivity index (χ2v) is 5.14. The number of aliphatic hydroxyl groups is 1. The second kappa shape index (κ2) is 4.84. The molecule has 2 N–H and O–H groups in total. The summed E-state index contributed by atoms with van der Waals surface area (Å²) in [6.45, 7) is 5.73. The summed E-state index contributed by atoms with van der Waals surface area (Å²) in [5.41, 5.74) is -0.481. The molecule has 0 radical (unpaired) electrons. The topological polar surface area (TPSA) is 58.6 Å². The maximum absolute atomic E-state index is 11.2. The van der Waals surface area contributed by atoms with Crippen LogP contribution >= 0.6 is 0 Å². The van der Waals surface area contributed by atoms with Crippen molar-refractivity contribution < 1.29 is 14.6 Å². The number of amides is 1. The summed E-state index contributed by atoms with van der Waals surface area (Å²) in [5.74, 6) is 0.361. The van der Waals surface area contributed by atoms with E-state index in [1.807, 2.05) is 20.8 Å². The fourth-order valence-corrected chi connectivity index (χ4v) is 1.49. The Morgan fingerprint density at radius 1 is 1.53 bits per heavy atom. The van der Waals surface area contributed by atoms with E-state index in [9.17, 15) is 9.90 Å². The van der Waals surface area contributed by atoms with Gasteiger partial charge in [-0.25, -0.2) is 4.79 Å². The highest BCUT2D eigenvalue weighted by molar-refractivity contribution is 5.67. The van der Waals surface area contributed by atoms with Crippen LogP contribution < -0.4 is 5.32 Å². The molecule has 0 aromatic carbocycles. The SMILES string of the molecule is CC(C)(C)OC(=O)NCC(O)C1CCC1. The average molecular weight is 215 g/mol. The summed E-state index contributed by atoms with van der Waals surface area (Å²) < 4.78 is 5.06. The van der Waals surface area contributed by atoms with Gasteiger partial charge in [0.1, 0.15) is 5.60 Å². The summed E-state index contributed by atoms with van der Waals surface area (Å²) in [7, 11) is 0. The Morgan fingerprint density at radius 2 is 2.13 bits per heavy atom. The van der Waals surface area contributed by atoms with E-state index < -0.39 is 17.8 Å². The largest absolute Gasteiger partial charge is 0.444 e. The number of ether oxygens (including phenoxy) is 1. The number of hydrogen-bond donors (Lipinski definition) is 2. The Labute approximate surface area is 91.0 Å². The van der Waals surface area contributed by atoms with Gasteiger partial charge in [-0.1, -0.05) is 6.42 Å². The van der Waals surface area contributed by atoms with Gasteiger partial charge in [0, 0.05) is 6.54 Å². The predicted molar refractivity (Wildman–Crippen MR) is 57.6 cm³/mol. The summed E-state index contributed by atoms with van der Waals surface area (Å²) in [6.07, 6.45) is 2.44. The number of rotatable bonds is 3. The average Bonchev–Trinajstić information content (AvgIpc) is 1.94. The Morgan fingerprint density at radius 3 is 2.53 bits per heavy atom. The molecular formula is C11H21NO3.